The number of carbonyl (C=O) groups is 1. The van der Waals surface area contributed by atoms with Crippen LogP contribution in [0.4, 0.5) is 5.69 Å². The number of ether oxygens (including phenoxy) is 1. The third-order valence-corrected chi connectivity index (χ3v) is 3.91. The van der Waals surface area contributed by atoms with Crippen molar-refractivity contribution < 1.29 is 14.5 Å². The molecule has 1 saturated heterocycles. The lowest BCUT2D eigenvalue weighted by Gasteiger charge is -2.33. The van der Waals surface area contributed by atoms with Crippen LogP contribution in [0.2, 0.25) is 0 Å². The number of nitrogens with zero attached hydrogens (tertiary/aromatic N) is 2. The standard InChI is InChI=1S/C15H20N2O4/c1-10-8-12(14(21-3)13(9-10)17(19)20)15(18)16-7-5-4-6-11(16)2/h8-9,11H,4-7H2,1-3H3/t11-/m1/s1. The molecule has 0 aromatic heterocycles. The molecule has 0 spiro atoms. The number of nitro groups is 1. The minimum absolute atomic E-state index is 0.0494. The largest absolute Gasteiger partial charge is 0.490 e. The minimum atomic E-state index is -0.512. The van der Waals surface area contributed by atoms with Crippen molar-refractivity contribution >= 4 is 11.6 Å². The average Bonchev–Trinajstić information content (AvgIpc) is 2.46. The van der Waals surface area contributed by atoms with Crippen LogP contribution in [0.15, 0.2) is 12.1 Å². The van der Waals surface area contributed by atoms with E-state index in [-0.39, 0.29) is 28.9 Å². The molecule has 1 atom stereocenters. The summed E-state index contributed by atoms with van der Waals surface area (Å²) in [6.07, 6.45) is 3.03. The van der Waals surface area contributed by atoms with Gasteiger partial charge in [-0.15, -0.1) is 0 Å². The molecule has 0 bridgehead atoms. The summed E-state index contributed by atoms with van der Waals surface area (Å²) in [4.78, 5) is 25.2. The second-order valence-electron chi connectivity index (χ2n) is 5.47. The molecular weight excluding hydrogens is 272 g/mol. The first-order valence-electron chi connectivity index (χ1n) is 7.09. The van der Waals surface area contributed by atoms with Crippen LogP contribution in [0.1, 0.15) is 42.1 Å². The molecular formula is C15H20N2O4. The smallest absolute Gasteiger partial charge is 0.312 e. The number of nitro benzene ring substituents is 1. The molecule has 1 heterocycles. The number of amides is 1. The number of hydrogen-bond donors (Lipinski definition) is 0. The average molecular weight is 292 g/mol. The lowest BCUT2D eigenvalue weighted by molar-refractivity contribution is -0.385. The van der Waals surface area contributed by atoms with Crippen molar-refractivity contribution in [2.75, 3.05) is 13.7 Å². The fourth-order valence-electron chi connectivity index (χ4n) is 2.82. The number of hydrogen-bond acceptors (Lipinski definition) is 4. The number of benzene rings is 1. The quantitative estimate of drug-likeness (QED) is 0.634. The molecule has 0 N–H and O–H groups in total. The highest BCUT2D eigenvalue weighted by molar-refractivity contribution is 5.98. The molecule has 0 radical (unpaired) electrons. The molecule has 6 heteroatoms. The van der Waals surface area contributed by atoms with Crippen LogP contribution in [0, 0.1) is 17.0 Å². The van der Waals surface area contributed by atoms with Crippen LogP contribution in [0.3, 0.4) is 0 Å². The molecule has 1 aromatic carbocycles. The molecule has 114 valence electrons. The van der Waals surface area contributed by atoms with Gasteiger partial charge in [-0.1, -0.05) is 0 Å². The minimum Gasteiger partial charge on any atom is -0.490 e. The Labute approximate surface area is 123 Å². The molecule has 1 aliphatic rings. The van der Waals surface area contributed by atoms with Crippen LogP contribution in [0.5, 0.6) is 5.75 Å². The van der Waals surface area contributed by atoms with E-state index in [2.05, 4.69) is 0 Å². The number of aryl methyl sites for hydroxylation is 1. The van der Waals surface area contributed by atoms with E-state index >= 15 is 0 Å². The van der Waals surface area contributed by atoms with Gasteiger partial charge >= 0.3 is 5.69 Å². The molecule has 0 unspecified atom stereocenters. The van der Waals surface area contributed by atoms with Crippen molar-refractivity contribution in [2.45, 2.75) is 39.2 Å². The Hall–Kier alpha value is -2.11. The lowest BCUT2D eigenvalue weighted by Crippen LogP contribution is -2.42. The molecule has 0 saturated carbocycles. The van der Waals surface area contributed by atoms with Gasteiger partial charge < -0.3 is 9.64 Å². The van der Waals surface area contributed by atoms with E-state index in [1.54, 1.807) is 17.9 Å². The molecule has 6 nitrogen and oxygen atoms in total. The van der Waals surface area contributed by atoms with Gasteiger partial charge in [-0.2, -0.15) is 0 Å². The highest BCUT2D eigenvalue weighted by Gasteiger charge is 2.30. The first-order valence-corrected chi connectivity index (χ1v) is 7.09. The maximum atomic E-state index is 12.7. The highest BCUT2D eigenvalue weighted by atomic mass is 16.6. The first kappa shape index (κ1) is 15.3. The van der Waals surface area contributed by atoms with Gasteiger partial charge in [-0.05, 0) is 44.7 Å². The second kappa shape index (κ2) is 6.11. The van der Waals surface area contributed by atoms with Gasteiger partial charge in [0.05, 0.1) is 17.6 Å². The SMILES string of the molecule is COc1c(C(=O)N2CCCC[C@H]2C)cc(C)cc1[N+](=O)[O-]. The third kappa shape index (κ3) is 2.99. The van der Waals surface area contributed by atoms with Gasteiger partial charge in [0.1, 0.15) is 0 Å². The van der Waals surface area contributed by atoms with Gasteiger partial charge in [0, 0.05) is 18.7 Å². The summed E-state index contributed by atoms with van der Waals surface area (Å²) >= 11 is 0. The van der Waals surface area contributed by atoms with E-state index in [9.17, 15) is 14.9 Å². The van der Waals surface area contributed by atoms with E-state index in [4.69, 9.17) is 4.74 Å². The number of carbonyl (C=O) groups excluding carboxylic acids is 1. The molecule has 1 amide bonds. The van der Waals surface area contributed by atoms with Gasteiger partial charge in [0.2, 0.25) is 5.75 Å². The summed E-state index contributed by atoms with van der Waals surface area (Å²) in [5, 5.41) is 11.1. The van der Waals surface area contributed by atoms with E-state index in [0.717, 1.165) is 19.3 Å². The lowest BCUT2D eigenvalue weighted by atomic mass is 10.0. The van der Waals surface area contributed by atoms with Gasteiger partial charge in [-0.25, -0.2) is 0 Å². The highest BCUT2D eigenvalue weighted by Crippen LogP contribution is 2.34. The van der Waals surface area contributed by atoms with Crippen molar-refractivity contribution in [2.24, 2.45) is 0 Å². The van der Waals surface area contributed by atoms with E-state index in [0.29, 0.717) is 12.1 Å². The summed E-state index contributed by atoms with van der Waals surface area (Å²) in [7, 11) is 1.36. The molecule has 1 aliphatic heterocycles. The maximum absolute atomic E-state index is 12.7. The zero-order chi connectivity index (χ0) is 15.6. The number of piperidine rings is 1. The Morgan fingerprint density at radius 2 is 2.14 bits per heavy atom. The number of likely N-dealkylation sites (tertiary alicyclic amines) is 1. The van der Waals surface area contributed by atoms with E-state index < -0.39 is 4.92 Å². The monoisotopic (exact) mass is 292 g/mol. The van der Waals surface area contributed by atoms with Crippen molar-refractivity contribution in [1.82, 2.24) is 4.90 Å². The zero-order valence-corrected chi connectivity index (χ0v) is 12.6. The Morgan fingerprint density at radius 3 is 2.71 bits per heavy atom. The van der Waals surface area contributed by atoms with Crippen molar-refractivity contribution in [3.05, 3.63) is 33.4 Å². The molecule has 1 fully saturated rings. The van der Waals surface area contributed by atoms with Crippen LogP contribution < -0.4 is 4.74 Å². The Bertz CT molecular complexity index is 571. The Morgan fingerprint density at radius 1 is 1.43 bits per heavy atom. The zero-order valence-electron chi connectivity index (χ0n) is 12.6. The van der Waals surface area contributed by atoms with Crippen LogP contribution in [-0.4, -0.2) is 35.4 Å². The Balaban J connectivity index is 2.47. The summed E-state index contributed by atoms with van der Waals surface area (Å²) in [5.74, 6) is -0.140. The van der Waals surface area contributed by atoms with Gasteiger partial charge in [0.25, 0.3) is 5.91 Å². The normalized spacial score (nSPS) is 18.4. The number of rotatable bonds is 3. The second-order valence-corrected chi connectivity index (χ2v) is 5.47. The molecule has 0 aliphatic carbocycles. The molecule has 21 heavy (non-hydrogen) atoms. The van der Waals surface area contributed by atoms with Gasteiger partial charge in [0.15, 0.2) is 0 Å². The number of methoxy groups -OCH3 is 1. The summed E-state index contributed by atoms with van der Waals surface area (Å²) in [5.41, 5.74) is 0.791. The Kier molecular flexibility index (Phi) is 4.45. The van der Waals surface area contributed by atoms with Gasteiger partial charge in [-0.3, -0.25) is 14.9 Å². The third-order valence-electron chi connectivity index (χ3n) is 3.91. The van der Waals surface area contributed by atoms with Crippen molar-refractivity contribution in [3.8, 4) is 5.75 Å². The predicted octanol–water partition coefficient (Wildman–Crippen LogP) is 2.93. The molecule has 1 aromatic rings. The van der Waals surface area contributed by atoms with E-state index in [1.165, 1.54) is 13.2 Å². The van der Waals surface area contributed by atoms with Crippen LogP contribution in [-0.2, 0) is 0 Å². The maximum Gasteiger partial charge on any atom is 0.312 e. The fourth-order valence-corrected chi connectivity index (χ4v) is 2.82. The summed E-state index contributed by atoms with van der Waals surface area (Å²) in [6, 6.07) is 3.24. The molecule has 2 rings (SSSR count). The predicted molar refractivity (Wildman–Crippen MR) is 78.7 cm³/mol. The fraction of sp³-hybridized carbons (Fsp3) is 0.533. The van der Waals surface area contributed by atoms with Crippen molar-refractivity contribution in [3.63, 3.8) is 0 Å². The van der Waals surface area contributed by atoms with E-state index in [1.807, 2.05) is 6.92 Å². The first-order chi connectivity index (χ1) is 9.95. The van der Waals surface area contributed by atoms with Crippen molar-refractivity contribution in [1.29, 1.82) is 0 Å². The van der Waals surface area contributed by atoms with Crippen LogP contribution in [0.25, 0.3) is 0 Å². The summed E-state index contributed by atoms with van der Waals surface area (Å²) in [6.45, 7) is 4.43. The van der Waals surface area contributed by atoms with Crippen LogP contribution >= 0.6 is 0 Å². The summed E-state index contributed by atoms with van der Waals surface area (Å²) < 4.78 is 5.15. The topological polar surface area (TPSA) is 72.7 Å².